The van der Waals surface area contributed by atoms with E-state index in [1.807, 2.05) is 24.3 Å². The molecule has 0 radical (unpaired) electrons. The minimum absolute atomic E-state index is 0. The lowest BCUT2D eigenvalue weighted by Crippen LogP contribution is -2.06. The molecule has 2 aliphatic rings. The number of benzene rings is 2. The minimum atomic E-state index is -0.287. The average molecular weight is 363 g/mol. The van der Waals surface area contributed by atoms with Crippen LogP contribution in [0.2, 0.25) is 0 Å². The maximum atomic E-state index is 12.3. The van der Waals surface area contributed by atoms with Gasteiger partial charge >= 0.3 is 0 Å². The molecule has 5 nitrogen and oxygen atoms in total. The van der Waals surface area contributed by atoms with E-state index in [9.17, 15) is 9.18 Å². The fourth-order valence-electron chi connectivity index (χ4n) is 2.13. The number of hydrogen-bond acceptors (Lipinski definition) is 5. The Balaban J connectivity index is 0.000000196. The third-order valence-corrected chi connectivity index (χ3v) is 3.41. The second-order valence-corrected chi connectivity index (χ2v) is 5.06. The van der Waals surface area contributed by atoms with Crippen molar-refractivity contribution in [1.29, 1.82) is 0 Å². The maximum absolute atomic E-state index is 12.3. The normalized spacial score (nSPS) is 15.0. The molecule has 3 N–H and O–H groups in total. The van der Waals surface area contributed by atoms with Crippen LogP contribution >= 0.6 is 12.4 Å². The zero-order valence-corrected chi connectivity index (χ0v) is 13.9. The Morgan fingerprint density at radius 2 is 1.88 bits per heavy atom. The molecular formula is C18H16ClFN2O3. The Morgan fingerprint density at radius 3 is 2.48 bits per heavy atom. The first-order valence-electron chi connectivity index (χ1n) is 7.21. The Kier molecular flexibility index (Phi) is 6.16. The number of ether oxygens (including phenoxy) is 2. The predicted octanol–water partition coefficient (Wildman–Crippen LogP) is 3.47. The van der Waals surface area contributed by atoms with Crippen molar-refractivity contribution in [2.24, 2.45) is 5.84 Å². The molecule has 0 aromatic heterocycles. The minimum Gasteiger partial charge on any atom is -0.454 e. The van der Waals surface area contributed by atoms with Gasteiger partial charge in [-0.2, -0.15) is 0 Å². The molecule has 1 aliphatic carbocycles. The number of hydrazine groups is 1. The number of hydrogen-bond donors (Lipinski definition) is 2. The molecule has 4 rings (SSSR count). The number of nitrogens with one attached hydrogen (secondary N) is 1. The van der Waals surface area contributed by atoms with Crippen LogP contribution in [0.25, 0.3) is 6.08 Å². The van der Waals surface area contributed by atoms with Crippen LogP contribution in [0.4, 0.5) is 10.1 Å². The van der Waals surface area contributed by atoms with E-state index >= 15 is 0 Å². The first-order valence-corrected chi connectivity index (χ1v) is 7.21. The van der Waals surface area contributed by atoms with Gasteiger partial charge in [0.1, 0.15) is 5.82 Å². The van der Waals surface area contributed by atoms with Crippen LogP contribution in [-0.4, -0.2) is 12.6 Å². The number of nitrogen functional groups attached to an aromatic ring is 1. The van der Waals surface area contributed by atoms with Crippen LogP contribution in [0.1, 0.15) is 5.56 Å². The van der Waals surface area contributed by atoms with E-state index in [0.29, 0.717) is 5.69 Å². The van der Waals surface area contributed by atoms with Crippen LogP contribution in [0.15, 0.2) is 60.2 Å². The summed E-state index contributed by atoms with van der Waals surface area (Å²) in [5.41, 5.74) is 4.59. The number of nitrogens with two attached hydrogens (primary N) is 1. The number of carbonyl (C=O) groups excluding carboxylic acids is 1. The second-order valence-electron chi connectivity index (χ2n) is 5.06. The van der Waals surface area contributed by atoms with Gasteiger partial charge in [-0.05, 0) is 54.1 Å². The fourth-order valence-corrected chi connectivity index (χ4v) is 2.13. The van der Waals surface area contributed by atoms with Gasteiger partial charge in [-0.1, -0.05) is 12.1 Å². The Bertz CT molecular complexity index is 837. The molecule has 130 valence electrons. The SMILES string of the molecule is Cl.NNc1cccc(F)c1.O=C1C=CC1=Cc1ccc2c(c1)OCO2. The van der Waals surface area contributed by atoms with Crippen LogP contribution in [-0.2, 0) is 4.79 Å². The van der Waals surface area contributed by atoms with Gasteiger partial charge in [-0.3, -0.25) is 10.6 Å². The highest BCUT2D eigenvalue weighted by atomic mass is 35.5. The Hall–Kier alpha value is -2.83. The van der Waals surface area contributed by atoms with Gasteiger partial charge in [0, 0.05) is 5.57 Å². The fraction of sp³-hybridized carbons (Fsp3) is 0.0556. The number of halogens is 2. The molecule has 2 aromatic rings. The van der Waals surface area contributed by atoms with E-state index in [0.717, 1.165) is 22.6 Å². The van der Waals surface area contributed by atoms with E-state index in [1.54, 1.807) is 24.3 Å². The summed E-state index contributed by atoms with van der Waals surface area (Å²) in [6.07, 6.45) is 5.19. The summed E-state index contributed by atoms with van der Waals surface area (Å²) >= 11 is 0. The molecule has 0 fully saturated rings. The van der Waals surface area contributed by atoms with Crippen molar-refractivity contribution in [1.82, 2.24) is 0 Å². The third-order valence-electron chi connectivity index (χ3n) is 3.41. The first-order chi connectivity index (χ1) is 11.7. The van der Waals surface area contributed by atoms with Crippen molar-refractivity contribution < 1.29 is 18.7 Å². The van der Waals surface area contributed by atoms with Crippen LogP contribution in [0, 0.1) is 5.82 Å². The van der Waals surface area contributed by atoms with Crippen LogP contribution in [0.5, 0.6) is 11.5 Å². The monoisotopic (exact) mass is 362 g/mol. The zero-order valence-electron chi connectivity index (χ0n) is 13.1. The smallest absolute Gasteiger partial charge is 0.231 e. The van der Waals surface area contributed by atoms with Crippen molar-refractivity contribution >= 4 is 30.0 Å². The van der Waals surface area contributed by atoms with Gasteiger partial charge in [0.05, 0.1) is 5.69 Å². The average Bonchev–Trinajstić information content (AvgIpc) is 3.06. The maximum Gasteiger partial charge on any atom is 0.231 e. The van der Waals surface area contributed by atoms with Gasteiger partial charge in [-0.25, -0.2) is 4.39 Å². The van der Waals surface area contributed by atoms with Crippen molar-refractivity contribution in [3.05, 3.63) is 71.6 Å². The summed E-state index contributed by atoms with van der Waals surface area (Å²) in [6.45, 7) is 0.272. The number of fused-ring (bicyclic) bond motifs is 1. The third kappa shape index (κ3) is 4.59. The van der Waals surface area contributed by atoms with Crippen LogP contribution in [0.3, 0.4) is 0 Å². The topological polar surface area (TPSA) is 73.6 Å². The molecule has 0 bridgehead atoms. The van der Waals surface area contributed by atoms with E-state index in [-0.39, 0.29) is 30.8 Å². The first kappa shape index (κ1) is 18.5. The molecule has 0 unspecified atom stereocenters. The molecule has 25 heavy (non-hydrogen) atoms. The number of rotatable bonds is 2. The summed E-state index contributed by atoms with van der Waals surface area (Å²) in [5, 5.41) is 0. The largest absolute Gasteiger partial charge is 0.454 e. The molecule has 0 atom stereocenters. The molecule has 0 saturated heterocycles. The van der Waals surface area contributed by atoms with Crippen molar-refractivity contribution in [2.45, 2.75) is 0 Å². The predicted molar refractivity (Wildman–Crippen MR) is 96.1 cm³/mol. The molecular weight excluding hydrogens is 347 g/mol. The van der Waals surface area contributed by atoms with Crippen molar-refractivity contribution in [2.75, 3.05) is 12.2 Å². The summed E-state index contributed by atoms with van der Waals surface area (Å²) in [4.78, 5) is 11.1. The van der Waals surface area contributed by atoms with Crippen LogP contribution < -0.4 is 20.7 Å². The molecule has 1 heterocycles. The standard InChI is InChI=1S/C12H8O3.C6H7FN2.ClH/c13-10-3-2-9(10)5-8-1-4-11-12(6-8)15-7-14-11;7-5-2-1-3-6(4-5)9-8;/h1-6H,7H2;1-4,9H,8H2;1H. The van der Waals surface area contributed by atoms with Gasteiger partial charge in [0.15, 0.2) is 17.3 Å². The second kappa shape index (κ2) is 8.32. The number of carbonyl (C=O) groups is 1. The zero-order chi connectivity index (χ0) is 16.9. The van der Waals surface area contributed by atoms with Gasteiger partial charge in [0.25, 0.3) is 0 Å². The van der Waals surface area contributed by atoms with Gasteiger partial charge in [-0.15, -0.1) is 12.4 Å². The highest BCUT2D eigenvalue weighted by Gasteiger charge is 2.15. The summed E-state index contributed by atoms with van der Waals surface area (Å²) in [7, 11) is 0. The molecule has 0 spiro atoms. The summed E-state index contributed by atoms with van der Waals surface area (Å²) in [5.74, 6) is 6.29. The lowest BCUT2D eigenvalue weighted by Gasteiger charge is -2.05. The highest BCUT2D eigenvalue weighted by molar-refractivity contribution is 6.16. The summed E-state index contributed by atoms with van der Waals surface area (Å²) < 4.78 is 22.7. The summed E-state index contributed by atoms with van der Waals surface area (Å²) in [6, 6.07) is 11.6. The van der Waals surface area contributed by atoms with Crippen molar-refractivity contribution in [3.8, 4) is 11.5 Å². The lowest BCUT2D eigenvalue weighted by molar-refractivity contribution is -0.111. The molecule has 0 amide bonds. The number of allylic oxidation sites excluding steroid dienone is 3. The van der Waals surface area contributed by atoms with Gasteiger partial charge < -0.3 is 14.9 Å². The highest BCUT2D eigenvalue weighted by Crippen LogP contribution is 2.33. The number of ketones is 1. The van der Waals surface area contributed by atoms with E-state index in [2.05, 4.69) is 5.43 Å². The van der Waals surface area contributed by atoms with Crippen molar-refractivity contribution in [3.63, 3.8) is 0 Å². The quantitative estimate of drug-likeness (QED) is 0.486. The number of anilines is 1. The molecule has 1 aliphatic heterocycles. The Labute approximate surface area is 150 Å². The Morgan fingerprint density at radius 1 is 1.08 bits per heavy atom. The molecule has 2 aromatic carbocycles. The van der Waals surface area contributed by atoms with E-state index in [4.69, 9.17) is 15.3 Å². The van der Waals surface area contributed by atoms with Gasteiger partial charge in [0.2, 0.25) is 6.79 Å². The van der Waals surface area contributed by atoms with E-state index < -0.39 is 0 Å². The molecule has 7 heteroatoms. The lowest BCUT2D eigenvalue weighted by atomic mass is 9.98. The van der Waals surface area contributed by atoms with E-state index in [1.165, 1.54) is 12.1 Å². The molecule has 0 saturated carbocycles.